The molecule has 0 spiro atoms. The maximum atomic E-state index is 5.73. The number of nitrogens with one attached hydrogen (secondary N) is 1. The second-order valence-electron chi connectivity index (χ2n) is 4.43. The van der Waals surface area contributed by atoms with Crippen molar-refractivity contribution >= 4 is 8.32 Å². The van der Waals surface area contributed by atoms with E-state index in [1.807, 2.05) is 0 Å². The summed E-state index contributed by atoms with van der Waals surface area (Å²) in [5.74, 6) is 0. The summed E-state index contributed by atoms with van der Waals surface area (Å²) in [4.78, 5) is 0. The molecule has 0 aliphatic rings. The first-order valence-corrected chi connectivity index (χ1v) is 9.08. The fourth-order valence-corrected chi connectivity index (χ4v) is 3.17. The topological polar surface area (TPSA) is 21.3 Å². The fraction of sp³-hybridized carbons (Fsp3) is 1.00. The summed E-state index contributed by atoms with van der Waals surface area (Å²) in [6.07, 6.45) is 6.45. The molecule has 3 heteroatoms. The summed E-state index contributed by atoms with van der Waals surface area (Å²) < 4.78 is 5.73. The Kier molecular flexibility index (Phi) is 8.53. The zero-order valence-electron chi connectivity index (χ0n) is 10.4. The van der Waals surface area contributed by atoms with Crippen molar-refractivity contribution in [2.75, 3.05) is 19.3 Å². The maximum Gasteiger partial charge on any atom is 0.200 e. The zero-order valence-corrected chi connectivity index (χ0v) is 11.4. The third-order valence-corrected chi connectivity index (χ3v) is 4.46. The van der Waals surface area contributed by atoms with Crippen molar-refractivity contribution in [2.45, 2.75) is 52.6 Å². The van der Waals surface area contributed by atoms with E-state index in [-0.39, 0.29) is 0 Å². The van der Waals surface area contributed by atoms with Crippen LogP contribution in [0.3, 0.4) is 0 Å². The Morgan fingerprint density at radius 3 is 2.36 bits per heavy atom. The molecule has 0 aliphatic carbocycles. The van der Waals surface area contributed by atoms with Gasteiger partial charge in [-0.1, -0.05) is 26.2 Å². The molecule has 0 amide bonds. The molecule has 0 radical (unpaired) electrons. The van der Waals surface area contributed by atoms with Gasteiger partial charge in [-0.15, -0.1) is 0 Å². The van der Waals surface area contributed by atoms with E-state index in [1.54, 1.807) is 0 Å². The monoisotopic (exact) mass is 217 g/mol. The molecule has 0 rings (SSSR count). The van der Waals surface area contributed by atoms with Crippen LogP contribution in [0.4, 0.5) is 0 Å². The Hall–Kier alpha value is 0.137. The molecule has 0 unspecified atom stereocenters. The molecule has 0 saturated carbocycles. The molecule has 0 saturated heterocycles. The Bertz CT molecular complexity index is 128. The first-order valence-electron chi connectivity index (χ1n) is 5.97. The highest BCUT2D eigenvalue weighted by Gasteiger charge is 2.20. The van der Waals surface area contributed by atoms with Gasteiger partial charge in [0, 0.05) is 12.8 Å². The van der Waals surface area contributed by atoms with E-state index >= 15 is 0 Å². The van der Waals surface area contributed by atoms with Crippen molar-refractivity contribution in [1.82, 2.24) is 5.32 Å². The second kappa shape index (κ2) is 8.45. The Morgan fingerprint density at radius 1 is 1.07 bits per heavy atom. The van der Waals surface area contributed by atoms with Crippen molar-refractivity contribution in [1.29, 1.82) is 0 Å². The number of hydrogen-bond donors (Lipinski definition) is 1. The smallest absolute Gasteiger partial charge is 0.200 e. The molecule has 86 valence electrons. The van der Waals surface area contributed by atoms with Gasteiger partial charge in [-0.3, -0.25) is 0 Å². The van der Waals surface area contributed by atoms with Crippen LogP contribution in [0.5, 0.6) is 0 Å². The number of rotatable bonds is 9. The van der Waals surface area contributed by atoms with E-state index in [4.69, 9.17) is 4.43 Å². The molecule has 0 aromatic carbocycles. The third-order valence-electron chi connectivity index (χ3n) is 2.29. The molecule has 0 aromatic rings. The average Bonchev–Trinajstić information content (AvgIpc) is 2.11. The molecule has 0 bridgehead atoms. The van der Waals surface area contributed by atoms with Gasteiger partial charge in [-0.05, 0) is 33.0 Å². The van der Waals surface area contributed by atoms with Crippen LogP contribution in [0.2, 0.25) is 13.1 Å². The van der Waals surface area contributed by atoms with Gasteiger partial charge < -0.3 is 9.74 Å². The SMILES string of the molecule is CCCCCCNC[Si](C)(C)OCC. The lowest BCUT2D eigenvalue weighted by atomic mass is 10.2. The fourth-order valence-electron chi connectivity index (χ4n) is 1.51. The summed E-state index contributed by atoms with van der Waals surface area (Å²) >= 11 is 0. The predicted molar refractivity (Wildman–Crippen MR) is 66.1 cm³/mol. The van der Waals surface area contributed by atoms with Gasteiger partial charge in [-0.2, -0.15) is 0 Å². The summed E-state index contributed by atoms with van der Waals surface area (Å²) in [6.45, 7) is 10.9. The predicted octanol–water partition coefficient (Wildman–Crippen LogP) is 2.94. The van der Waals surface area contributed by atoms with Crippen LogP contribution in [-0.2, 0) is 4.43 Å². The highest BCUT2D eigenvalue weighted by molar-refractivity contribution is 6.71. The standard InChI is InChI=1S/C11H27NOSi/c1-5-7-8-9-10-12-11-14(3,4)13-6-2/h12H,5-11H2,1-4H3. The molecule has 0 heterocycles. The molecule has 0 aliphatic heterocycles. The maximum absolute atomic E-state index is 5.73. The van der Waals surface area contributed by atoms with Crippen LogP contribution in [-0.4, -0.2) is 27.6 Å². The van der Waals surface area contributed by atoms with Crippen LogP contribution in [0.15, 0.2) is 0 Å². The van der Waals surface area contributed by atoms with Crippen molar-refractivity contribution in [3.8, 4) is 0 Å². The minimum Gasteiger partial charge on any atom is -0.416 e. The minimum absolute atomic E-state index is 0.858. The van der Waals surface area contributed by atoms with E-state index in [0.29, 0.717) is 0 Å². The highest BCUT2D eigenvalue weighted by Crippen LogP contribution is 2.02. The highest BCUT2D eigenvalue weighted by atomic mass is 28.4. The van der Waals surface area contributed by atoms with Gasteiger partial charge >= 0.3 is 0 Å². The van der Waals surface area contributed by atoms with Gasteiger partial charge in [0.25, 0.3) is 0 Å². The van der Waals surface area contributed by atoms with E-state index in [1.165, 1.54) is 25.7 Å². The summed E-state index contributed by atoms with van der Waals surface area (Å²) in [5, 5.41) is 3.51. The summed E-state index contributed by atoms with van der Waals surface area (Å²) in [7, 11) is -1.38. The van der Waals surface area contributed by atoms with Crippen LogP contribution < -0.4 is 5.32 Å². The van der Waals surface area contributed by atoms with E-state index < -0.39 is 8.32 Å². The number of unbranched alkanes of at least 4 members (excludes halogenated alkanes) is 3. The molecular formula is C11H27NOSi. The summed E-state index contributed by atoms with van der Waals surface area (Å²) in [6, 6.07) is 0. The van der Waals surface area contributed by atoms with Crippen molar-refractivity contribution in [3.63, 3.8) is 0 Å². The molecule has 0 atom stereocenters. The van der Waals surface area contributed by atoms with E-state index in [0.717, 1.165) is 19.3 Å². The third kappa shape index (κ3) is 8.72. The van der Waals surface area contributed by atoms with Crippen molar-refractivity contribution < 1.29 is 4.43 Å². The van der Waals surface area contributed by atoms with Crippen molar-refractivity contribution in [3.05, 3.63) is 0 Å². The Morgan fingerprint density at radius 2 is 1.79 bits per heavy atom. The van der Waals surface area contributed by atoms with Crippen LogP contribution in [0.1, 0.15) is 39.5 Å². The van der Waals surface area contributed by atoms with Crippen LogP contribution in [0.25, 0.3) is 0 Å². The second-order valence-corrected chi connectivity index (χ2v) is 8.59. The molecule has 1 N–H and O–H groups in total. The van der Waals surface area contributed by atoms with Gasteiger partial charge in [0.15, 0.2) is 8.32 Å². The van der Waals surface area contributed by atoms with Crippen molar-refractivity contribution in [2.24, 2.45) is 0 Å². The molecule has 14 heavy (non-hydrogen) atoms. The molecule has 2 nitrogen and oxygen atoms in total. The van der Waals surface area contributed by atoms with Gasteiger partial charge in [0.1, 0.15) is 0 Å². The molecule has 0 fully saturated rings. The van der Waals surface area contributed by atoms with Gasteiger partial charge in [0.2, 0.25) is 0 Å². The van der Waals surface area contributed by atoms with Crippen LogP contribution >= 0.6 is 0 Å². The first-order chi connectivity index (χ1) is 6.62. The zero-order chi connectivity index (χ0) is 10.9. The Balaban J connectivity index is 3.26. The largest absolute Gasteiger partial charge is 0.416 e. The molecular weight excluding hydrogens is 190 g/mol. The normalized spacial score (nSPS) is 12.0. The van der Waals surface area contributed by atoms with E-state index in [9.17, 15) is 0 Å². The molecule has 0 aromatic heterocycles. The average molecular weight is 217 g/mol. The van der Waals surface area contributed by atoms with E-state index in [2.05, 4.69) is 32.3 Å². The lowest BCUT2D eigenvalue weighted by Gasteiger charge is -2.22. The Labute approximate surface area is 90.6 Å². The van der Waals surface area contributed by atoms with Gasteiger partial charge in [-0.25, -0.2) is 0 Å². The quantitative estimate of drug-likeness (QED) is 0.474. The lowest BCUT2D eigenvalue weighted by Crippen LogP contribution is -2.43. The van der Waals surface area contributed by atoms with Crippen LogP contribution in [0, 0.1) is 0 Å². The summed E-state index contributed by atoms with van der Waals surface area (Å²) in [5.41, 5.74) is 0. The number of hydrogen-bond acceptors (Lipinski definition) is 2. The van der Waals surface area contributed by atoms with Gasteiger partial charge in [0.05, 0.1) is 0 Å². The first kappa shape index (κ1) is 14.1. The minimum atomic E-state index is -1.38. The lowest BCUT2D eigenvalue weighted by molar-refractivity contribution is 0.326.